The number of thiocarbonyl (C=S) groups is 1. The number of benzene rings is 2. The monoisotopic (exact) mass is 256 g/mol. The first-order valence-electron chi connectivity index (χ1n) is 5.80. The largest absolute Gasteiger partial charge is 0.389 e. The molecular formula is C15H16N2S. The van der Waals surface area contributed by atoms with E-state index in [1.165, 1.54) is 11.1 Å². The zero-order chi connectivity index (χ0) is 13.1. The summed E-state index contributed by atoms with van der Waals surface area (Å²) in [7, 11) is 0. The fraction of sp³-hybridized carbons (Fsp3) is 0.133. The molecule has 2 nitrogen and oxygen atoms in total. The van der Waals surface area contributed by atoms with Crippen LogP contribution in [-0.2, 0) is 0 Å². The van der Waals surface area contributed by atoms with E-state index in [2.05, 4.69) is 37.4 Å². The van der Waals surface area contributed by atoms with Gasteiger partial charge in [-0.25, -0.2) is 0 Å². The lowest BCUT2D eigenvalue weighted by molar-refractivity contribution is 1.38. The van der Waals surface area contributed by atoms with Gasteiger partial charge in [-0.3, -0.25) is 0 Å². The van der Waals surface area contributed by atoms with Crippen molar-refractivity contribution in [3.8, 4) is 0 Å². The van der Waals surface area contributed by atoms with E-state index in [1.54, 1.807) is 0 Å². The molecule has 0 radical (unpaired) electrons. The molecule has 0 fully saturated rings. The van der Waals surface area contributed by atoms with E-state index >= 15 is 0 Å². The maximum atomic E-state index is 5.57. The van der Waals surface area contributed by atoms with Gasteiger partial charge in [0.2, 0.25) is 0 Å². The Bertz CT molecular complexity index is 574. The molecule has 0 aliphatic carbocycles. The van der Waals surface area contributed by atoms with Crippen LogP contribution >= 0.6 is 12.2 Å². The van der Waals surface area contributed by atoms with Crippen LogP contribution in [0.1, 0.15) is 16.7 Å². The summed E-state index contributed by atoms with van der Waals surface area (Å²) in [4.78, 5) is 0.424. The van der Waals surface area contributed by atoms with Crippen LogP contribution in [0.5, 0.6) is 0 Å². The number of nitrogens with one attached hydrogen (secondary N) is 1. The van der Waals surface area contributed by atoms with Crippen molar-refractivity contribution in [1.82, 2.24) is 0 Å². The third-order valence-corrected chi connectivity index (χ3v) is 3.08. The highest BCUT2D eigenvalue weighted by Crippen LogP contribution is 2.22. The van der Waals surface area contributed by atoms with E-state index in [0.29, 0.717) is 4.99 Å². The summed E-state index contributed by atoms with van der Waals surface area (Å²) in [6, 6.07) is 14.2. The van der Waals surface area contributed by atoms with Crippen LogP contribution in [0.2, 0.25) is 0 Å². The predicted molar refractivity (Wildman–Crippen MR) is 81.5 cm³/mol. The molecule has 2 rings (SSSR count). The van der Waals surface area contributed by atoms with Crippen molar-refractivity contribution in [2.24, 2.45) is 5.73 Å². The Kier molecular flexibility index (Phi) is 3.63. The van der Waals surface area contributed by atoms with Gasteiger partial charge in [-0.1, -0.05) is 24.4 Å². The molecule has 0 atom stereocenters. The van der Waals surface area contributed by atoms with Crippen molar-refractivity contribution in [3.05, 3.63) is 59.2 Å². The van der Waals surface area contributed by atoms with Crippen molar-refractivity contribution >= 4 is 28.6 Å². The van der Waals surface area contributed by atoms with Gasteiger partial charge in [0, 0.05) is 16.9 Å². The van der Waals surface area contributed by atoms with E-state index in [0.717, 1.165) is 16.9 Å². The van der Waals surface area contributed by atoms with Crippen LogP contribution in [0.4, 0.5) is 11.4 Å². The molecule has 0 aliphatic heterocycles. The standard InChI is InChI=1S/C15H16N2S/c1-10-3-4-11(2)14(9-10)17-13-7-5-12(6-8-13)15(16)18/h3-9,17H,1-2H3,(H2,16,18). The van der Waals surface area contributed by atoms with Crippen LogP contribution in [0.25, 0.3) is 0 Å². The molecule has 0 aromatic heterocycles. The van der Waals surface area contributed by atoms with Gasteiger partial charge in [-0.2, -0.15) is 0 Å². The van der Waals surface area contributed by atoms with Gasteiger partial charge in [-0.15, -0.1) is 0 Å². The molecule has 0 amide bonds. The Morgan fingerprint density at radius 2 is 1.72 bits per heavy atom. The van der Waals surface area contributed by atoms with Crippen molar-refractivity contribution < 1.29 is 0 Å². The highest BCUT2D eigenvalue weighted by Gasteiger charge is 2.00. The number of hydrogen-bond donors (Lipinski definition) is 2. The number of anilines is 2. The predicted octanol–water partition coefficient (Wildman–Crippen LogP) is 3.68. The molecule has 2 aromatic carbocycles. The normalized spacial score (nSPS) is 10.1. The van der Waals surface area contributed by atoms with Crippen LogP contribution in [0.15, 0.2) is 42.5 Å². The molecule has 2 aromatic rings. The summed E-state index contributed by atoms with van der Waals surface area (Å²) in [5.41, 5.74) is 11.1. The molecule has 0 unspecified atom stereocenters. The Labute approximate surface area is 113 Å². The number of nitrogens with two attached hydrogens (primary N) is 1. The second kappa shape index (κ2) is 5.19. The first-order valence-corrected chi connectivity index (χ1v) is 6.21. The second-order valence-corrected chi connectivity index (χ2v) is 4.82. The average Bonchev–Trinajstić information content (AvgIpc) is 2.34. The summed E-state index contributed by atoms with van der Waals surface area (Å²) in [5, 5.41) is 3.40. The molecule has 92 valence electrons. The van der Waals surface area contributed by atoms with E-state index < -0.39 is 0 Å². The van der Waals surface area contributed by atoms with Gasteiger partial charge >= 0.3 is 0 Å². The van der Waals surface area contributed by atoms with E-state index in [-0.39, 0.29) is 0 Å². The Morgan fingerprint density at radius 3 is 2.33 bits per heavy atom. The molecule has 0 bridgehead atoms. The van der Waals surface area contributed by atoms with E-state index in [1.807, 2.05) is 24.3 Å². The van der Waals surface area contributed by atoms with Crippen molar-refractivity contribution in [1.29, 1.82) is 0 Å². The van der Waals surface area contributed by atoms with Gasteiger partial charge in [0.15, 0.2) is 0 Å². The molecule has 0 heterocycles. The molecule has 3 heteroatoms. The highest BCUT2D eigenvalue weighted by atomic mass is 32.1. The summed E-state index contributed by atoms with van der Waals surface area (Å²) in [5.74, 6) is 0. The summed E-state index contributed by atoms with van der Waals surface area (Å²) in [6.07, 6.45) is 0. The molecule has 0 saturated carbocycles. The molecule has 18 heavy (non-hydrogen) atoms. The third kappa shape index (κ3) is 2.87. The Balaban J connectivity index is 2.23. The van der Waals surface area contributed by atoms with Gasteiger partial charge < -0.3 is 11.1 Å². The maximum Gasteiger partial charge on any atom is 0.103 e. The van der Waals surface area contributed by atoms with Crippen LogP contribution < -0.4 is 11.1 Å². The fourth-order valence-corrected chi connectivity index (χ4v) is 1.88. The minimum Gasteiger partial charge on any atom is -0.389 e. The van der Waals surface area contributed by atoms with E-state index in [4.69, 9.17) is 18.0 Å². The SMILES string of the molecule is Cc1ccc(C)c(Nc2ccc(C(N)=S)cc2)c1. The van der Waals surface area contributed by atoms with Gasteiger partial charge in [0.05, 0.1) is 0 Å². The minimum absolute atomic E-state index is 0.424. The lowest BCUT2D eigenvalue weighted by Crippen LogP contribution is -2.08. The maximum absolute atomic E-state index is 5.57. The number of aryl methyl sites for hydroxylation is 2. The van der Waals surface area contributed by atoms with Crippen LogP contribution in [0, 0.1) is 13.8 Å². The zero-order valence-electron chi connectivity index (χ0n) is 10.5. The Hall–Kier alpha value is -1.87. The first-order chi connectivity index (χ1) is 8.56. The van der Waals surface area contributed by atoms with Crippen LogP contribution in [0.3, 0.4) is 0 Å². The fourth-order valence-electron chi connectivity index (χ4n) is 1.74. The van der Waals surface area contributed by atoms with Gasteiger partial charge in [0.25, 0.3) is 0 Å². The van der Waals surface area contributed by atoms with E-state index in [9.17, 15) is 0 Å². The second-order valence-electron chi connectivity index (χ2n) is 4.38. The topological polar surface area (TPSA) is 38.0 Å². The van der Waals surface area contributed by atoms with Crippen molar-refractivity contribution in [2.75, 3.05) is 5.32 Å². The van der Waals surface area contributed by atoms with Crippen LogP contribution in [-0.4, -0.2) is 4.99 Å². The smallest absolute Gasteiger partial charge is 0.103 e. The molecule has 0 spiro atoms. The summed E-state index contributed by atoms with van der Waals surface area (Å²) in [6.45, 7) is 4.17. The minimum atomic E-state index is 0.424. The number of rotatable bonds is 3. The lowest BCUT2D eigenvalue weighted by Gasteiger charge is -2.11. The first kappa shape index (κ1) is 12.6. The summed E-state index contributed by atoms with van der Waals surface area (Å²) >= 11 is 4.93. The average molecular weight is 256 g/mol. The van der Waals surface area contributed by atoms with Gasteiger partial charge in [-0.05, 0) is 55.3 Å². The zero-order valence-corrected chi connectivity index (χ0v) is 11.3. The summed E-state index contributed by atoms with van der Waals surface area (Å²) < 4.78 is 0. The van der Waals surface area contributed by atoms with Gasteiger partial charge in [0.1, 0.15) is 4.99 Å². The third-order valence-electron chi connectivity index (χ3n) is 2.84. The molecule has 0 saturated heterocycles. The lowest BCUT2D eigenvalue weighted by atomic mass is 10.1. The molecule has 0 aliphatic rings. The Morgan fingerprint density at radius 1 is 1.06 bits per heavy atom. The van der Waals surface area contributed by atoms with Crippen molar-refractivity contribution in [3.63, 3.8) is 0 Å². The molecule has 3 N–H and O–H groups in total. The number of hydrogen-bond acceptors (Lipinski definition) is 2. The highest BCUT2D eigenvalue weighted by molar-refractivity contribution is 7.80. The van der Waals surface area contributed by atoms with Crippen molar-refractivity contribution in [2.45, 2.75) is 13.8 Å². The molecular weight excluding hydrogens is 240 g/mol. The quantitative estimate of drug-likeness (QED) is 0.823.